The summed E-state index contributed by atoms with van der Waals surface area (Å²) in [6.07, 6.45) is 3.60. The van der Waals surface area contributed by atoms with Crippen LogP contribution in [0.3, 0.4) is 0 Å². The standard InChI is InChI=1S/C14H18N2O.ClH/c1-16(9-10-2-3-10)14(17)12-4-5-13-11(8-12)6-7-15-13;/h4-5,8,10,15H,2-3,6-7,9H2,1H3;1H. The summed E-state index contributed by atoms with van der Waals surface area (Å²) in [5, 5.41) is 3.31. The summed E-state index contributed by atoms with van der Waals surface area (Å²) in [4.78, 5) is 14.1. The van der Waals surface area contributed by atoms with E-state index in [4.69, 9.17) is 0 Å². The molecule has 0 bridgehead atoms. The molecule has 3 nitrogen and oxygen atoms in total. The van der Waals surface area contributed by atoms with E-state index in [9.17, 15) is 4.79 Å². The maximum Gasteiger partial charge on any atom is 0.253 e. The average Bonchev–Trinajstić information content (AvgIpc) is 3.02. The molecular formula is C14H19ClN2O. The van der Waals surface area contributed by atoms with Crippen LogP contribution in [0.4, 0.5) is 5.69 Å². The normalized spacial score (nSPS) is 16.5. The Kier molecular flexibility index (Phi) is 3.81. The number of carbonyl (C=O) groups is 1. The number of fused-ring (bicyclic) bond motifs is 1. The van der Waals surface area contributed by atoms with Gasteiger partial charge in [-0.2, -0.15) is 0 Å². The highest BCUT2D eigenvalue weighted by Crippen LogP contribution is 2.30. The van der Waals surface area contributed by atoms with E-state index in [1.807, 2.05) is 30.1 Å². The summed E-state index contributed by atoms with van der Waals surface area (Å²) < 4.78 is 0. The summed E-state index contributed by atoms with van der Waals surface area (Å²) >= 11 is 0. The summed E-state index contributed by atoms with van der Waals surface area (Å²) in [7, 11) is 1.91. The van der Waals surface area contributed by atoms with Gasteiger partial charge in [-0.3, -0.25) is 4.79 Å². The van der Waals surface area contributed by atoms with Crippen LogP contribution in [0.1, 0.15) is 28.8 Å². The molecule has 1 saturated carbocycles. The summed E-state index contributed by atoms with van der Waals surface area (Å²) in [5.41, 5.74) is 3.29. The van der Waals surface area contributed by atoms with E-state index in [2.05, 4.69) is 5.32 Å². The van der Waals surface area contributed by atoms with Gasteiger partial charge in [-0.25, -0.2) is 0 Å². The van der Waals surface area contributed by atoms with Crippen molar-refractivity contribution >= 4 is 24.0 Å². The average molecular weight is 267 g/mol. The Morgan fingerprint density at radius 3 is 2.94 bits per heavy atom. The second kappa shape index (κ2) is 5.19. The van der Waals surface area contributed by atoms with Gasteiger partial charge < -0.3 is 10.2 Å². The van der Waals surface area contributed by atoms with Gasteiger partial charge in [-0.1, -0.05) is 0 Å². The van der Waals surface area contributed by atoms with E-state index in [1.54, 1.807) is 0 Å². The second-order valence-corrected chi connectivity index (χ2v) is 5.18. The van der Waals surface area contributed by atoms with Crippen LogP contribution in [0.5, 0.6) is 0 Å². The first kappa shape index (κ1) is 13.2. The van der Waals surface area contributed by atoms with Crippen molar-refractivity contribution in [1.82, 2.24) is 4.90 Å². The molecule has 1 heterocycles. The van der Waals surface area contributed by atoms with Crippen molar-refractivity contribution in [2.45, 2.75) is 19.3 Å². The first-order valence-electron chi connectivity index (χ1n) is 6.36. The van der Waals surface area contributed by atoms with Crippen LogP contribution in [0.25, 0.3) is 0 Å². The molecule has 3 rings (SSSR count). The van der Waals surface area contributed by atoms with E-state index in [0.29, 0.717) is 0 Å². The number of halogens is 1. The van der Waals surface area contributed by atoms with Gasteiger partial charge in [0.25, 0.3) is 5.91 Å². The maximum atomic E-state index is 12.2. The minimum Gasteiger partial charge on any atom is -0.384 e. The fourth-order valence-electron chi connectivity index (χ4n) is 2.43. The quantitative estimate of drug-likeness (QED) is 0.912. The molecule has 98 valence electrons. The highest BCUT2D eigenvalue weighted by atomic mass is 35.5. The van der Waals surface area contributed by atoms with Crippen LogP contribution in [0.2, 0.25) is 0 Å². The summed E-state index contributed by atoms with van der Waals surface area (Å²) in [6, 6.07) is 6.00. The number of amides is 1. The van der Waals surface area contributed by atoms with Crippen molar-refractivity contribution < 1.29 is 4.79 Å². The van der Waals surface area contributed by atoms with Gasteiger partial charge in [0, 0.05) is 31.4 Å². The number of hydrogen-bond acceptors (Lipinski definition) is 2. The lowest BCUT2D eigenvalue weighted by Crippen LogP contribution is -2.28. The van der Waals surface area contributed by atoms with Crippen LogP contribution in [-0.4, -0.2) is 30.9 Å². The molecular weight excluding hydrogens is 248 g/mol. The molecule has 0 spiro atoms. The monoisotopic (exact) mass is 266 g/mol. The topological polar surface area (TPSA) is 32.3 Å². The van der Waals surface area contributed by atoms with Gasteiger partial charge in [-0.05, 0) is 48.9 Å². The zero-order valence-electron chi connectivity index (χ0n) is 10.6. The third-order valence-electron chi connectivity index (χ3n) is 3.64. The van der Waals surface area contributed by atoms with E-state index in [-0.39, 0.29) is 18.3 Å². The van der Waals surface area contributed by atoms with Crippen LogP contribution in [-0.2, 0) is 6.42 Å². The highest BCUT2D eigenvalue weighted by molar-refractivity contribution is 5.95. The lowest BCUT2D eigenvalue weighted by molar-refractivity contribution is 0.0788. The number of anilines is 1. The SMILES string of the molecule is CN(CC1CC1)C(=O)c1ccc2c(c1)CCN2.Cl. The third-order valence-corrected chi connectivity index (χ3v) is 3.64. The van der Waals surface area contributed by atoms with Gasteiger partial charge in [0.2, 0.25) is 0 Å². The third kappa shape index (κ3) is 2.61. The van der Waals surface area contributed by atoms with Crippen molar-refractivity contribution in [3.63, 3.8) is 0 Å². The molecule has 1 aromatic carbocycles. The number of hydrogen-bond donors (Lipinski definition) is 1. The van der Waals surface area contributed by atoms with Crippen LogP contribution in [0, 0.1) is 5.92 Å². The first-order valence-corrected chi connectivity index (χ1v) is 6.36. The fraction of sp³-hybridized carbons (Fsp3) is 0.500. The van der Waals surface area contributed by atoms with Crippen LogP contribution >= 0.6 is 12.4 Å². The molecule has 1 aliphatic carbocycles. The number of carbonyl (C=O) groups excluding carboxylic acids is 1. The Morgan fingerprint density at radius 1 is 1.44 bits per heavy atom. The predicted molar refractivity (Wildman–Crippen MR) is 75.6 cm³/mol. The van der Waals surface area contributed by atoms with Gasteiger partial charge in [0.15, 0.2) is 0 Å². The van der Waals surface area contributed by atoms with Crippen molar-refractivity contribution in [3.8, 4) is 0 Å². The first-order chi connectivity index (χ1) is 8.24. The van der Waals surface area contributed by atoms with Crippen molar-refractivity contribution in [1.29, 1.82) is 0 Å². The molecule has 1 amide bonds. The Hall–Kier alpha value is -1.22. The molecule has 1 fully saturated rings. The number of nitrogens with zero attached hydrogens (tertiary/aromatic N) is 1. The van der Waals surface area contributed by atoms with E-state index >= 15 is 0 Å². The largest absolute Gasteiger partial charge is 0.384 e. The van der Waals surface area contributed by atoms with Gasteiger partial charge in [0.1, 0.15) is 0 Å². The van der Waals surface area contributed by atoms with E-state index in [0.717, 1.165) is 31.0 Å². The Labute approximate surface area is 114 Å². The summed E-state index contributed by atoms with van der Waals surface area (Å²) in [5.74, 6) is 0.909. The molecule has 1 N–H and O–H groups in total. The number of rotatable bonds is 3. The van der Waals surface area contributed by atoms with E-state index < -0.39 is 0 Å². The minimum atomic E-state index is 0. The molecule has 4 heteroatoms. The predicted octanol–water partition coefficient (Wildman–Crippen LogP) is 2.56. The molecule has 0 saturated heterocycles. The number of nitrogens with one attached hydrogen (secondary N) is 1. The Morgan fingerprint density at radius 2 is 2.22 bits per heavy atom. The second-order valence-electron chi connectivity index (χ2n) is 5.18. The smallest absolute Gasteiger partial charge is 0.253 e. The van der Waals surface area contributed by atoms with Gasteiger partial charge >= 0.3 is 0 Å². The van der Waals surface area contributed by atoms with Gasteiger partial charge in [-0.15, -0.1) is 12.4 Å². The molecule has 1 aromatic rings. The lowest BCUT2D eigenvalue weighted by Gasteiger charge is -2.17. The minimum absolute atomic E-state index is 0. The van der Waals surface area contributed by atoms with Gasteiger partial charge in [0.05, 0.1) is 0 Å². The molecule has 0 radical (unpaired) electrons. The zero-order chi connectivity index (χ0) is 11.8. The van der Waals surface area contributed by atoms with Crippen molar-refractivity contribution in [2.24, 2.45) is 5.92 Å². The van der Waals surface area contributed by atoms with Crippen molar-refractivity contribution in [3.05, 3.63) is 29.3 Å². The Balaban J connectivity index is 0.00000120. The maximum absolute atomic E-state index is 12.2. The Bertz CT molecular complexity index is 457. The van der Waals surface area contributed by atoms with E-state index in [1.165, 1.54) is 24.1 Å². The molecule has 2 aliphatic rings. The zero-order valence-corrected chi connectivity index (χ0v) is 11.4. The molecule has 18 heavy (non-hydrogen) atoms. The van der Waals surface area contributed by atoms with Crippen LogP contribution in [0.15, 0.2) is 18.2 Å². The lowest BCUT2D eigenvalue weighted by atomic mass is 10.1. The van der Waals surface area contributed by atoms with Crippen molar-refractivity contribution in [2.75, 3.05) is 25.5 Å². The molecule has 0 aromatic heterocycles. The fourth-order valence-corrected chi connectivity index (χ4v) is 2.43. The highest BCUT2D eigenvalue weighted by Gasteiger charge is 2.25. The molecule has 0 unspecified atom stereocenters. The molecule has 0 atom stereocenters. The number of benzene rings is 1. The van der Waals surface area contributed by atoms with Crippen LogP contribution < -0.4 is 5.32 Å². The molecule has 1 aliphatic heterocycles. The summed E-state index contributed by atoms with van der Waals surface area (Å²) in [6.45, 7) is 1.90.